The maximum Gasteiger partial charge on any atom is 0.261 e. The number of nitrogens with one attached hydrogen (secondary N) is 1. The molecule has 0 bridgehead atoms. The molecule has 0 spiro atoms. The quantitative estimate of drug-likeness (QED) is 0.605. The molecule has 0 fully saturated rings. The Kier molecular flexibility index (Phi) is 8.70. The summed E-state index contributed by atoms with van der Waals surface area (Å²) in [5.41, 5.74) is 2.14. The standard InChI is InChI=1S/C23H29BrN2O3/c1-5-18-9-11-21(12-10-18)29-15-22(27)26(17(4)23(28)25-16(2)3)14-19-7-6-8-20(24)13-19/h6-13,16-17H,5,14-15H2,1-4H3,(H,25,28). The van der Waals surface area contributed by atoms with Gasteiger partial charge in [-0.2, -0.15) is 0 Å². The molecule has 156 valence electrons. The summed E-state index contributed by atoms with van der Waals surface area (Å²) in [7, 11) is 0. The summed E-state index contributed by atoms with van der Waals surface area (Å²) in [5.74, 6) is 0.212. The third-order valence-electron chi connectivity index (χ3n) is 4.53. The lowest BCUT2D eigenvalue weighted by atomic mass is 10.1. The van der Waals surface area contributed by atoms with E-state index in [2.05, 4.69) is 28.2 Å². The first-order valence-electron chi connectivity index (χ1n) is 9.86. The average molecular weight is 461 g/mol. The average Bonchev–Trinajstić information content (AvgIpc) is 2.69. The largest absolute Gasteiger partial charge is 0.484 e. The van der Waals surface area contributed by atoms with Crippen molar-refractivity contribution in [2.75, 3.05) is 6.61 Å². The van der Waals surface area contributed by atoms with Crippen LogP contribution in [0.25, 0.3) is 0 Å². The van der Waals surface area contributed by atoms with Crippen molar-refractivity contribution >= 4 is 27.7 Å². The molecule has 2 aromatic carbocycles. The van der Waals surface area contributed by atoms with Crippen LogP contribution in [-0.2, 0) is 22.6 Å². The zero-order valence-corrected chi connectivity index (χ0v) is 19.0. The Morgan fingerprint density at radius 1 is 1.07 bits per heavy atom. The lowest BCUT2D eigenvalue weighted by Gasteiger charge is -2.29. The number of aryl methyl sites for hydroxylation is 1. The molecule has 2 amide bonds. The molecule has 2 rings (SSSR count). The number of halogens is 1. The SMILES string of the molecule is CCc1ccc(OCC(=O)N(Cc2cccc(Br)c2)C(C)C(=O)NC(C)C)cc1. The molecule has 0 aliphatic rings. The Morgan fingerprint density at radius 3 is 2.34 bits per heavy atom. The molecule has 0 aromatic heterocycles. The summed E-state index contributed by atoms with van der Waals surface area (Å²) in [6.45, 7) is 7.82. The number of amides is 2. The Bertz CT molecular complexity index is 821. The number of benzene rings is 2. The maximum absolute atomic E-state index is 13.0. The summed E-state index contributed by atoms with van der Waals surface area (Å²) < 4.78 is 6.61. The summed E-state index contributed by atoms with van der Waals surface area (Å²) in [6.07, 6.45) is 0.947. The van der Waals surface area contributed by atoms with Gasteiger partial charge >= 0.3 is 0 Å². The van der Waals surface area contributed by atoms with E-state index in [0.717, 1.165) is 16.5 Å². The van der Waals surface area contributed by atoms with E-state index in [-0.39, 0.29) is 24.5 Å². The van der Waals surface area contributed by atoms with E-state index in [4.69, 9.17) is 4.74 Å². The highest BCUT2D eigenvalue weighted by Crippen LogP contribution is 2.17. The Hall–Kier alpha value is -2.34. The zero-order valence-electron chi connectivity index (χ0n) is 17.4. The van der Waals surface area contributed by atoms with Crippen molar-refractivity contribution in [3.05, 3.63) is 64.1 Å². The number of ether oxygens (including phenoxy) is 1. The topological polar surface area (TPSA) is 58.6 Å². The molecular weight excluding hydrogens is 432 g/mol. The van der Waals surface area contributed by atoms with Gasteiger partial charge in [0.2, 0.25) is 5.91 Å². The molecule has 1 atom stereocenters. The maximum atomic E-state index is 13.0. The fraction of sp³-hybridized carbons (Fsp3) is 0.391. The van der Waals surface area contributed by atoms with Crippen molar-refractivity contribution in [2.45, 2.75) is 52.7 Å². The molecule has 0 saturated carbocycles. The molecule has 5 nitrogen and oxygen atoms in total. The normalized spacial score (nSPS) is 11.8. The number of nitrogens with zero attached hydrogens (tertiary/aromatic N) is 1. The molecule has 6 heteroatoms. The van der Waals surface area contributed by atoms with Gasteiger partial charge in [0.25, 0.3) is 5.91 Å². The second-order valence-corrected chi connectivity index (χ2v) is 8.19. The lowest BCUT2D eigenvalue weighted by Crippen LogP contribution is -2.50. The van der Waals surface area contributed by atoms with E-state index in [0.29, 0.717) is 12.3 Å². The van der Waals surface area contributed by atoms with Crippen molar-refractivity contribution in [2.24, 2.45) is 0 Å². The number of carbonyl (C=O) groups excluding carboxylic acids is 2. The van der Waals surface area contributed by atoms with Gasteiger partial charge in [-0.25, -0.2) is 0 Å². The molecule has 29 heavy (non-hydrogen) atoms. The Balaban J connectivity index is 2.13. The molecule has 0 aliphatic carbocycles. The van der Waals surface area contributed by atoms with Crippen LogP contribution in [0, 0.1) is 0 Å². The van der Waals surface area contributed by atoms with Gasteiger partial charge in [0, 0.05) is 17.1 Å². The van der Waals surface area contributed by atoms with Crippen LogP contribution in [0.5, 0.6) is 5.75 Å². The minimum atomic E-state index is -0.616. The molecule has 2 aromatic rings. The van der Waals surface area contributed by atoms with Crippen LogP contribution >= 0.6 is 15.9 Å². The van der Waals surface area contributed by atoms with Gasteiger partial charge < -0.3 is 15.0 Å². The van der Waals surface area contributed by atoms with Gasteiger partial charge in [0.1, 0.15) is 11.8 Å². The molecule has 0 saturated heterocycles. The van der Waals surface area contributed by atoms with Crippen molar-refractivity contribution in [3.63, 3.8) is 0 Å². The second-order valence-electron chi connectivity index (χ2n) is 7.28. The van der Waals surface area contributed by atoms with Gasteiger partial charge in [0.05, 0.1) is 0 Å². The van der Waals surface area contributed by atoms with Gasteiger partial charge in [0.15, 0.2) is 6.61 Å². The van der Waals surface area contributed by atoms with E-state index < -0.39 is 6.04 Å². The molecule has 0 radical (unpaired) electrons. The van der Waals surface area contributed by atoms with Crippen LogP contribution in [-0.4, -0.2) is 35.4 Å². The molecule has 0 heterocycles. The highest BCUT2D eigenvalue weighted by atomic mass is 79.9. The Morgan fingerprint density at radius 2 is 1.76 bits per heavy atom. The van der Waals surface area contributed by atoms with Crippen molar-refractivity contribution in [1.82, 2.24) is 10.2 Å². The van der Waals surface area contributed by atoms with E-state index >= 15 is 0 Å². The van der Waals surface area contributed by atoms with Crippen LogP contribution in [0.15, 0.2) is 53.0 Å². The van der Waals surface area contributed by atoms with Gasteiger partial charge in [-0.15, -0.1) is 0 Å². The third-order valence-corrected chi connectivity index (χ3v) is 5.03. The highest BCUT2D eigenvalue weighted by molar-refractivity contribution is 9.10. The van der Waals surface area contributed by atoms with Crippen LogP contribution in [0.1, 0.15) is 38.8 Å². The molecule has 1 N–H and O–H groups in total. The first kappa shape index (κ1) is 22.9. The van der Waals surface area contributed by atoms with E-state index in [1.807, 2.05) is 62.4 Å². The summed E-state index contributed by atoms with van der Waals surface area (Å²) in [4.78, 5) is 27.1. The Labute approximate surface area is 181 Å². The van der Waals surface area contributed by atoms with Crippen LogP contribution in [0.3, 0.4) is 0 Å². The molecule has 1 unspecified atom stereocenters. The predicted octanol–water partition coefficient (Wildman–Crippen LogP) is 4.33. The smallest absolute Gasteiger partial charge is 0.261 e. The number of rotatable bonds is 9. The summed E-state index contributed by atoms with van der Waals surface area (Å²) >= 11 is 3.45. The molecule has 0 aliphatic heterocycles. The second kappa shape index (κ2) is 11.0. The summed E-state index contributed by atoms with van der Waals surface area (Å²) in [5, 5.41) is 2.88. The van der Waals surface area contributed by atoms with Crippen LogP contribution in [0.2, 0.25) is 0 Å². The van der Waals surface area contributed by atoms with Crippen molar-refractivity contribution < 1.29 is 14.3 Å². The van der Waals surface area contributed by atoms with E-state index in [9.17, 15) is 9.59 Å². The van der Waals surface area contributed by atoms with Gasteiger partial charge in [-0.05, 0) is 62.6 Å². The highest BCUT2D eigenvalue weighted by Gasteiger charge is 2.26. The summed E-state index contributed by atoms with van der Waals surface area (Å²) in [6, 6.07) is 14.8. The van der Waals surface area contributed by atoms with Crippen molar-refractivity contribution in [1.29, 1.82) is 0 Å². The van der Waals surface area contributed by atoms with E-state index in [1.165, 1.54) is 5.56 Å². The van der Waals surface area contributed by atoms with Crippen LogP contribution in [0.4, 0.5) is 0 Å². The monoisotopic (exact) mass is 460 g/mol. The number of carbonyl (C=O) groups is 2. The molecular formula is C23H29BrN2O3. The lowest BCUT2D eigenvalue weighted by molar-refractivity contribution is -0.142. The number of hydrogen-bond acceptors (Lipinski definition) is 3. The minimum Gasteiger partial charge on any atom is -0.484 e. The number of hydrogen-bond donors (Lipinski definition) is 1. The van der Waals surface area contributed by atoms with E-state index in [1.54, 1.807) is 11.8 Å². The van der Waals surface area contributed by atoms with Gasteiger partial charge in [-0.3, -0.25) is 9.59 Å². The third kappa shape index (κ3) is 7.20. The zero-order chi connectivity index (χ0) is 21.4. The van der Waals surface area contributed by atoms with Crippen LogP contribution < -0.4 is 10.1 Å². The fourth-order valence-electron chi connectivity index (χ4n) is 2.87. The predicted molar refractivity (Wildman–Crippen MR) is 119 cm³/mol. The van der Waals surface area contributed by atoms with Gasteiger partial charge in [-0.1, -0.05) is 47.1 Å². The van der Waals surface area contributed by atoms with Crippen molar-refractivity contribution in [3.8, 4) is 5.75 Å². The first-order chi connectivity index (χ1) is 13.8. The minimum absolute atomic E-state index is 0.00102. The first-order valence-corrected chi connectivity index (χ1v) is 10.7. The fourth-order valence-corrected chi connectivity index (χ4v) is 3.32.